The van der Waals surface area contributed by atoms with Gasteiger partial charge in [-0.2, -0.15) is 0 Å². The second-order valence-electron chi connectivity index (χ2n) is 14.5. The smallest absolute Gasteiger partial charge is 0.221 e. The van der Waals surface area contributed by atoms with E-state index in [1.54, 1.807) is 0 Å². The number of nitrogens with zero attached hydrogens (tertiary/aromatic N) is 6. The Kier molecular flexibility index (Phi) is 5.54. The topological polar surface area (TPSA) is 52.4 Å². The number of hydrogen-bond acceptors (Lipinski definition) is 3. The number of imidazole rings is 2. The van der Waals surface area contributed by atoms with E-state index in [0.717, 1.165) is 77.9 Å². The molecule has 5 heterocycles. The monoisotopic (exact) mass is 700 g/mol. The number of pyridine rings is 1. The summed E-state index contributed by atoms with van der Waals surface area (Å²) < 4.78 is 6.87. The van der Waals surface area contributed by atoms with Gasteiger partial charge >= 0.3 is 0 Å². The predicted molar refractivity (Wildman–Crippen MR) is 227 cm³/mol. The molecule has 0 aliphatic carbocycles. The number of aromatic nitrogens is 6. The Morgan fingerprint density at radius 2 is 0.891 bits per heavy atom. The molecule has 0 aliphatic heterocycles. The molecule has 0 bridgehead atoms. The van der Waals surface area contributed by atoms with Gasteiger partial charge in [0.2, 0.25) is 5.95 Å². The van der Waals surface area contributed by atoms with E-state index in [9.17, 15) is 0 Å². The van der Waals surface area contributed by atoms with E-state index in [0.29, 0.717) is 0 Å². The average Bonchev–Trinajstić information content (AvgIpc) is 3.93. The Bertz CT molecular complexity index is 3790. The molecule has 0 unspecified atom stereocenters. The van der Waals surface area contributed by atoms with Gasteiger partial charge in [-0.15, -0.1) is 0 Å². The van der Waals surface area contributed by atoms with Crippen LogP contribution in [0.15, 0.2) is 170 Å². The van der Waals surface area contributed by atoms with E-state index in [4.69, 9.17) is 15.0 Å². The molecular weight excluding hydrogens is 673 g/mol. The highest BCUT2D eigenvalue weighted by Gasteiger charge is 2.21. The second-order valence-corrected chi connectivity index (χ2v) is 14.5. The quantitative estimate of drug-likeness (QED) is 0.169. The number of benzene rings is 8. The molecule has 0 saturated heterocycles. The lowest BCUT2D eigenvalue weighted by molar-refractivity contribution is 0.979. The fourth-order valence-corrected chi connectivity index (χ4v) is 9.15. The Labute approximate surface area is 312 Å². The summed E-state index contributed by atoms with van der Waals surface area (Å²) in [6.45, 7) is 0. The van der Waals surface area contributed by atoms with E-state index in [1.165, 1.54) is 37.7 Å². The summed E-state index contributed by atoms with van der Waals surface area (Å²) in [5.74, 6) is 0.822. The van der Waals surface area contributed by atoms with Crippen molar-refractivity contribution in [3.63, 3.8) is 0 Å². The predicted octanol–water partition coefficient (Wildman–Crippen LogP) is 12.1. The Morgan fingerprint density at radius 1 is 0.327 bits per heavy atom. The van der Waals surface area contributed by atoms with Crippen molar-refractivity contribution in [3.8, 4) is 17.1 Å². The highest BCUT2D eigenvalue weighted by molar-refractivity contribution is 6.23. The number of fused-ring (bicyclic) bond motifs is 18. The SMILES string of the molecule is c1ccc2c(c1)ccc1c3cc(-c4ccc5c(c4)c4ccccc4n5-c4nc5ccccc5c5nc6ccccc6n45)ccc3n3c4ccccc4nc3c21. The van der Waals surface area contributed by atoms with Crippen LogP contribution in [-0.4, -0.2) is 28.3 Å². The highest BCUT2D eigenvalue weighted by Crippen LogP contribution is 2.40. The summed E-state index contributed by atoms with van der Waals surface area (Å²) in [5.41, 5.74) is 12.6. The first-order valence-corrected chi connectivity index (χ1v) is 18.6. The lowest BCUT2D eigenvalue weighted by atomic mass is 9.96. The Hall–Kier alpha value is -7.57. The van der Waals surface area contributed by atoms with Crippen LogP contribution in [0.2, 0.25) is 0 Å². The third kappa shape index (κ3) is 3.84. The summed E-state index contributed by atoms with van der Waals surface area (Å²) in [5, 5.41) is 9.39. The van der Waals surface area contributed by atoms with Gasteiger partial charge in [-0.25, -0.2) is 15.0 Å². The summed E-state index contributed by atoms with van der Waals surface area (Å²) in [4.78, 5) is 15.7. The minimum absolute atomic E-state index is 0.822. The first-order chi connectivity index (χ1) is 27.3. The zero-order valence-electron chi connectivity index (χ0n) is 29.3. The highest BCUT2D eigenvalue weighted by atomic mass is 15.2. The Morgan fingerprint density at radius 3 is 1.67 bits per heavy atom. The third-order valence-corrected chi connectivity index (χ3v) is 11.6. The lowest BCUT2D eigenvalue weighted by Crippen LogP contribution is -2.06. The van der Waals surface area contributed by atoms with Crippen molar-refractivity contribution in [2.24, 2.45) is 0 Å². The molecule has 0 spiro atoms. The summed E-state index contributed by atoms with van der Waals surface area (Å²) in [6.07, 6.45) is 0. The molecule has 0 atom stereocenters. The van der Waals surface area contributed by atoms with Gasteiger partial charge in [0.1, 0.15) is 11.3 Å². The van der Waals surface area contributed by atoms with Crippen molar-refractivity contribution in [3.05, 3.63) is 170 Å². The van der Waals surface area contributed by atoms with E-state index < -0.39 is 0 Å². The van der Waals surface area contributed by atoms with Gasteiger partial charge in [-0.05, 0) is 94.0 Å². The number of hydrogen-bond donors (Lipinski definition) is 0. The first-order valence-electron chi connectivity index (χ1n) is 18.6. The van der Waals surface area contributed by atoms with E-state index in [1.807, 2.05) is 12.1 Å². The van der Waals surface area contributed by atoms with Crippen LogP contribution in [0, 0.1) is 0 Å². The maximum atomic E-state index is 5.35. The van der Waals surface area contributed by atoms with Crippen LogP contribution in [0.4, 0.5) is 0 Å². The van der Waals surface area contributed by atoms with Crippen LogP contribution in [-0.2, 0) is 0 Å². The molecule has 13 aromatic rings. The van der Waals surface area contributed by atoms with Gasteiger partial charge in [0.15, 0.2) is 0 Å². The molecule has 6 nitrogen and oxygen atoms in total. The van der Waals surface area contributed by atoms with Crippen LogP contribution in [0.5, 0.6) is 0 Å². The van der Waals surface area contributed by atoms with E-state index in [-0.39, 0.29) is 0 Å². The molecule has 0 saturated carbocycles. The normalized spacial score (nSPS) is 12.4. The zero-order chi connectivity index (χ0) is 35.8. The molecule has 0 amide bonds. The fourth-order valence-electron chi connectivity index (χ4n) is 9.15. The van der Waals surface area contributed by atoms with Crippen LogP contribution in [0.3, 0.4) is 0 Å². The van der Waals surface area contributed by atoms with Gasteiger partial charge < -0.3 is 0 Å². The largest absolute Gasteiger partial charge is 0.292 e. The van der Waals surface area contributed by atoms with Crippen LogP contribution in [0.1, 0.15) is 0 Å². The maximum Gasteiger partial charge on any atom is 0.221 e. The third-order valence-electron chi connectivity index (χ3n) is 11.6. The fraction of sp³-hybridized carbons (Fsp3) is 0. The Balaban J connectivity index is 1.10. The maximum absolute atomic E-state index is 5.35. The second kappa shape index (κ2) is 10.5. The molecule has 6 heteroatoms. The average molecular weight is 701 g/mol. The minimum Gasteiger partial charge on any atom is -0.292 e. The molecule has 5 aromatic heterocycles. The van der Waals surface area contributed by atoms with Crippen molar-refractivity contribution in [2.45, 2.75) is 0 Å². The molecule has 254 valence electrons. The molecular formula is C49H28N6. The van der Waals surface area contributed by atoms with Crippen molar-refractivity contribution >= 4 is 98.5 Å². The molecule has 0 aliphatic rings. The van der Waals surface area contributed by atoms with Crippen LogP contribution >= 0.6 is 0 Å². The van der Waals surface area contributed by atoms with Crippen LogP contribution in [0.25, 0.3) is 116 Å². The van der Waals surface area contributed by atoms with Gasteiger partial charge in [-0.1, -0.05) is 103 Å². The summed E-state index contributed by atoms with van der Waals surface area (Å²) in [6, 6.07) is 60.7. The van der Waals surface area contributed by atoms with Crippen LogP contribution < -0.4 is 0 Å². The summed E-state index contributed by atoms with van der Waals surface area (Å²) in [7, 11) is 0. The molecule has 0 N–H and O–H groups in total. The van der Waals surface area contributed by atoms with E-state index >= 15 is 0 Å². The van der Waals surface area contributed by atoms with Gasteiger partial charge in [0.25, 0.3) is 0 Å². The van der Waals surface area contributed by atoms with E-state index in [2.05, 4.69) is 171 Å². The first kappa shape index (κ1) is 28.9. The standard InChI is InChI=1S/C49H28N6/c1-2-12-32-29(11-1)21-24-34-37-28-31(22-25-42(37)53-44-19-9-6-16-39(44)51-48(53)46(32)34)30-23-26-43-36(27-30)33-13-4-8-18-41(33)54(43)49-52-38-15-5-3-14-35(38)47-50-40-17-7-10-20-45(40)55(47)49/h1-28H. The molecule has 8 aromatic carbocycles. The minimum atomic E-state index is 0.822. The molecule has 13 rings (SSSR count). The van der Waals surface area contributed by atoms with Gasteiger partial charge in [0.05, 0.1) is 44.1 Å². The summed E-state index contributed by atoms with van der Waals surface area (Å²) >= 11 is 0. The number of para-hydroxylation sites is 6. The van der Waals surface area contributed by atoms with Crippen molar-refractivity contribution in [1.29, 1.82) is 0 Å². The number of rotatable bonds is 2. The van der Waals surface area contributed by atoms with Crippen molar-refractivity contribution in [1.82, 2.24) is 28.3 Å². The zero-order valence-corrected chi connectivity index (χ0v) is 29.3. The molecule has 0 fully saturated rings. The lowest BCUT2D eigenvalue weighted by Gasteiger charge is -2.14. The molecule has 0 radical (unpaired) electrons. The molecule has 55 heavy (non-hydrogen) atoms. The van der Waals surface area contributed by atoms with Gasteiger partial charge in [0, 0.05) is 26.9 Å². The van der Waals surface area contributed by atoms with Crippen molar-refractivity contribution in [2.75, 3.05) is 0 Å². The van der Waals surface area contributed by atoms with Crippen molar-refractivity contribution < 1.29 is 0 Å². The van der Waals surface area contributed by atoms with Gasteiger partial charge in [-0.3, -0.25) is 13.4 Å².